The van der Waals surface area contributed by atoms with Gasteiger partial charge in [0.25, 0.3) is 11.8 Å². The van der Waals surface area contributed by atoms with Crippen LogP contribution in [0.5, 0.6) is 23.0 Å². The Kier molecular flexibility index (Phi) is 13.5. The summed E-state index contributed by atoms with van der Waals surface area (Å²) in [6.45, 7) is -5.22. The number of halogens is 8. The first-order valence-electron chi connectivity index (χ1n) is 15.5. The van der Waals surface area contributed by atoms with Crippen LogP contribution in [-0.2, 0) is 0 Å². The molecule has 0 spiro atoms. The zero-order valence-electron chi connectivity index (χ0n) is 26.7. The van der Waals surface area contributed by atoms with Crippen molar-refractivity contribution in [1.29, 1.82) is 0 Å². The van der Waals surface area contributed by atoms with E-state index in [0.717, 1.165) is 25.7 Å². The van der Waals surface area contributed by atoms with Gasteiger partial charge in [0.15, 0.2) is 23.0 Å². The molecule has 0 unspecified atom stereocenters. The van der Waals surface area contributed by atoms with Gasteiger partial charge < -0.3 is 29.6 Å². The second-order valence-corrected chi connectivity index (χ2v) is 13.1. The molecule has 2 N–H and O–H groups in total. The first-order chi connectivity index (χ1) is 24.9. The summed E-state index contributed by atoms with van der Waals surface area (Å²) in [4.78, 5) is 32.5. The summed E-state index contributed by atoms with van der Waals surface area (Å²) in [6, 6.07) is 7.91. The van der Waals surface area contributed by atoms with E-state index in [2.05, 4.69) is 30.1 Å². The lowest BCUT2D eigenvalue weighted by molar-refractivity contribution is -0.0521. The minimum atomic E-state index is -2.99. The highest BCUT2D eigenvalue weighted by Crippen LogP contribution is 2.37. The van der Waals surface area contributed by atoms with Gasteiger partial charge in [-0.05, 0) is 73.9 Å². The van der Waals surface area contributed by atoms with E-state index in [1.54, 1.807) is 0 Å². The molecule has 2 aliphatic rings. The zero-order valence-corrected chi connectivity index (χ0v) is 29.7. The minimum Gasteiger partial charge on any atom is -0.489 e. The Morgan fingerprint density at radius 2 is 0.962 bits per heavy atom. The maximum Gasteiger partial charge on any atom is 0.387 e. The molecule has 6 rings (SSSR count). The van der Waals surface area contributed by atoms with Crippen LogP contribution < -0.4 is 29.6 Å². The van der Waals surface area contributed by atoms with E-state index in [0.29, 0.717) is 25.0 Å². The number of anilines is 2. The van der Waals surface area contributed by atoms with Crippen LogP contribution in [0.1, 0.15) is 46.4 Å². The number of benzene rings is 2. The Bertz CT molecular complexity index is 1730. The molecule has 2 aliphatic carbocycles. The fourth-order valence-corrected chi connectivity index (χ4v) is 5.25. The fraction of sp³-hybridized carbons (Fsp3) is 0.294. The first kappa shape index (κ1) is 39.0. The largest absolute Gasteiger partial charge is 0.489 e. The van der Waals surface area contributed by atoms with E-state index in [4.69, 9.17) is 55.9 Å². The Morgan fingerprint density at radius 1 is 0.615 bits per heavy atom. The second-order valence-electron chi connectivity index (χ2n) is 11.5. The van der Waals surface area contributed by atoms with Crippen LogP contribution in [0, 0.1) is 11.8 Å². The standard InChI is InChI=1S/2C17H14Cl2F2N2O3/c2*18-11-6-22-7-12(19)15(11)23-16(24)10-3-4-13(26-17(20)21)14(5-10)25-8-9-1-2-9/h2*3-7,9,17H,1-2,8H2,(H,22,23,24). The van der Waals surface area contributed by atoms with Crippen LogP contribution in [0.2, 0.25) is 20.1 Å². The fourth-order valence-electron chi connectivity index (χ4n) is 4.33. The normalized spacial score (nSPS) is 13.6. The van der Waals surface area contributed by atoms with E-state index in [1.807, 2.05) is 0 Å². The molecule has 2 aromatic heterocycles. The summed E-state index contributed by atoms with van der Waals surface area (Å²) < 4.78 is 70.2. The number of hydrogen-bond acceptors (Lipinski definition) is 8. The molecular formula is C34H28Cl4F4N4O6. The van der Waals surface area contributed by atoms with E-state index in [9.17, 15) is 27.2 Å². The summed E-state index contributed by atoms with van der Waals surface area (Å²) in [6.07, 6.45) is 9.49. The SMILES string of the molecule is O=C(Nc1c(Cl)cncc1Cl)c1ccc(OC(F)F)c(OCC2CC2)c1.O=C(Nc1c(Cl)cncc1Cl)c1ccc(OC(F)F)c(OCC2CC2)c1. The van der Waals surface area contributed by atoms with E-state index < -0.39 is 25.0 Å². The third-order valence-electron chi connectivity index (χ3n) is 7.37. The van der Waals surface area contributed by atoms with Crippen LogP contribution in [-0.4, -0.2) is 48.2 Å². The van der Waals surface area contributed by atoms with Crippen LogP contribution in [0.4, 0.5) is 28.9 Å². The second kappa shape index (κ2) is 18.0. The third kappa shape index (κ3) is 11.4. The summed E-state index contributed by atoms with van der Waals surface area (Å²) in [7, 11) is 0. The Labute approximate surface area is 314 Å². The van der Waals surface area contributed by atoms with Crippen molar-refractivity contribution < 1.29 is 46.1 Å². The lowest BCUT2D eigenvalue weighted by atomic mass is 10.2. The van der Waals surface area contributed by atoms with Crippen molar-refractivity contribution in [1.82, 2.24) is 9.97 Å². The van der Waals surface area contributed by atoms with Gasteiger partial charge in [0.05, 0.1) is 44.7 Å². The van der Waals surface area contributed by atoms with Crippen molar-refractivity contribution in [2.24, 2.45) is 11.8 Å². The zero-order chi connectivity index (χ0) is 37.4. The van der Waals surface area contributed by atoms with Crippen LogP contribution in [0.25, 0.3) is 0 Å². The highest BCUT2D eigenvalue weighted by atomic mass is 35.5. The summed E-state index contributed by atoms with van der Waals surface area (Å²) >= 11 is 23.9. The van der Waals surface area contributed by atoms with Gasteiger partial charge in [0.2, 0.25) is 0 Å². The maximum absolute atomic E-state index is 12.6. The highest BCUT2D eigenvalue weighted by Gasteiger charge is 2.25. The number of hydrogen-bond donors (Lipinski definition) is 2. The molecule has 0 radical (unpaired) electrons. The van der Waals surface area contributed by atoms with Gasteiger partial charge in [-0.25, -0.2) is 0 Å². The smallest absolute Gasteiger partial charge is 0.387 e. The molecule has 276 valence electrons. The number of pyridine rings is 2. The molecule has 2 saturated carbocycles. The summed E-state index contributed by atoms with van der Waals surface area (Å²) in [5.41, 5.74) is 0.783. The molecule has 2 fully saturated rings. The molecule has 2 heterocycles. The predicted molar refractivity (Wildman–Crippen MR) is 187 cm³/mol. The van der Waals surface area contributed by atoms with Crippen molar-refractivity contribution in [3.63, 3.8) is 0 Å². The lowest BCUT2D eigenvalue weighted by Gasteiger charge is -2.14. The Balaban J connectivity index is 0.000000201. The summed E-state index contributed by atoms with van der Waals surface area (Å²) in [5.74, 6) is -0.342. The predicted octanol–water partition coefficient (Wildman–Crippen LogP) is 10.1. The van der Waals surface area contributed by atoms with E-state index >= 15 is 0 Å². The molecule has 10 nitrogen and oxygen atoms in total. The van der Waals surface area contributed by atoms with Crippen molar-refractivity contribution in [3.8, 4) is 23.0 Å². The molecule has 2 aromatic carbocycles. The molecule has 4 aromatic rings. The van der Waals surface area contributed by atoms with Gasteiger partial charge in [-0.1, -0.05) is 46.4 Å². The van der Waals surface area contributed by atoms with Crippen molar-refractivity contribution in [3.05, 3.63) is 92.4 Å². The number of amides is 2. The van der Waals surface area contributed by atoms with Crippen LogP contribution >= 0.6 is 46.4 Å². The Hall–Kier alpha value is -4.24. The molecule has 0 atom stereocenters. The maximum atomic E-state index is 12.6. The molecule has 0 aliphatic heterocycles. The van der Waals surface area contributed by atoms with Crippen molar-refractivity contribution in [2.75, 3.05) is 23.8 Å². The quantitative estimate of drug-likeness (QED) is 0.121. The van der Waals surface area contributed by atoms with E-state index in [1.165, 1.54) is 61.2 Å². The highest BCUT2D eigenvalue weighted by molar-refractivity contribution is 6.40. The molecule has 0 bridgehead atoms. The molecular weight excluding hydrogens is 778 g/mol. The number of alkyl halides is 4. The van der Waals surface area contributed by atoms with Gasteiger partial charge in [-0.2, -0.15) is 17.6 Å². The number of carbonyl (C=O) groups is 2. The van der Waals surface area contributed by atoms with Crippen LogP contribution in [0.15, 0.2) is 61.2 Å². The van der Waals surface area contributed by atoms with E-state index in [-0.39, 0.29) is 65.6 Å². The molecule has 0 saturated heterocycles. The number of rotatable bonds is 14. The van der Waals surface area contributed by atoms with Gasteiger partial charge in [-0.3, -0.25) is 19.6 Å². The summed E-state index contributed by atoms with van der Waals surface area (Å²) in [5, 5.41) is 5.84. The molecule has 2 amide bonds. The Morgan fingerprint density at radius 3 is 1.27 bits per heavy atom. The number of nitrogens with zero attached hydrogens (tertiary/aromatic N) is 2. The average molecular weight is 806 g/mol. The van der Waals surface area contributed by atoms with Gasteiger partial charge in [0.1, 0.15) is 0 Å². The van der Waals surface area contributed by atoms with Crippen molar-refractivity contribution >= 4 is 69.6 Å². The monoisotopic (exact) mass is 804 g/mol. The number of nitrogens with one attached hydrogen (secondary N) is 2. The topological polar surface area (TPSA) is 121 Å². The first-order valence-corrected chi connectivity index (χ1v) is 17.0. The molecule has 52 heavy (non-hydrogen) atoms. The van der Waals surface area contributed by atoms with Crippen LogP contribution in [0.3, 0.4) is 0 Å². The number of aromatic nitrogens is 2. The molecule has 18 heteroatoms. The van der Waals surface area contributed by atoms with Gasteiger partial charge >= 0.3 is 13.2 Å². The van der Waals surface area contributed by atoms with Crippen molar-refractivity contribution in [2.45, 2.75) is 38.9 Å². The van der Waals surface area contributed by atoms with Gasteiger partial charge in [0, 0.05) is 35.9 Å². The van der Waals surface area contributed by atoms with Gasteiger partial charge in [-0.15, -0.1) is 0 Å². The number of ether oxygens (including phenoxy) is 4. The third-order valence-corrected chi connectivity index (χ3v) is 8.52. The average Bonchev–Trinajstić information content (AvgIpc) is 4.03. The minimum absolute atomic E-state index is 0.0803. The number of carbonyl (C=O) groups excluding carboxylic acids is 2. The lowest BCUT2D eigenvalue weighted by Crippen LogP contribution is -2.14.